The van der Waals surface area contributed by atoms with Crippen LogP contribution in [-0.4, -0.2) is 0 Å². The van der Waals surface area contributed by atoms with Gasteiger partial charge in [-0.1, -0.05) is 24.6 Å². The molecule has 1 aromatic carbocycles. The van der Waals surface area contributed by atoms with Gasteiger partial charge in [-0.15, -0.1) is 0 Å². The Labute approximate surface area is 72.7 Å². The summed E-state index contributed by atoms with van der Waals surface area (Å²) < 4.78 is 0. The monoisotopic (exact) mass is 162 g/mol. The quantitative estimate of drug-likeness (QED) is 0.517. The molecule has 64 valence electrons. The van der Waals surface area contributed by atoms with Crippen molar-refractivity contribution in [1.29, 1.82) is 0 Å². The second kappa shape index (κ2) is 3.15. The van der Waals surface area contributed by atoms with Gasteiger partial charge in [0.1, 0.15) is 0 Å². The summed E-state index contributed by atoms with van der Waals surface area (Å²) >= 11 is 0. The van der Waals surface area contributed by atoms with Crippen molar-refractivity contribution in [2.75, 3.05) is 5.43 Å². The van der Waals surface area contributed by atoms with Crippen LogP contribution >= 0.6 is 0 Å². The molecule has 1 aliphatic carbocycles. The molecule has 1 aromatic rings. The SMILES string of the molecule is NNc1ccccc1C1CCC1. The largest absolute Gasteiger partial charge is 0.324 e. The number of hydrogen-bond acceptors (Lipinski definition) is 2. The first-order chi connectivity index (χ1) is 5.92. The first-order valence-corrected chi connectivity index (χ1v) is 4.47. The molecule has 2 nitrogen and oxygen atoms in total. The zero-order valence-electron chi connectivity index (χ0n) is 7.09. The van der Waals surface area contributed by atoms with Crippen molar-refractivity contribution in [2.24, 2.45) is 5.84 Å². The topological polar surface area (TPSA) is 38.0 Å². The number of rotatable bonds is 2. The van der Waals surface area contributed by atoms with Crippen LogP contribution in [0, 0.1) is 0 Å². The molecule has 2 rings (SSSR count). The molecule has 0 aromatic heterocycles. The second-order valence-electron chi connectivity index (χ2n) is 3.36. The van der Waals surface area contributed by atoms with E-state index in [1.807, 2.05) is 12.1 Å². The maximum Gasteiger partial charge on any atom is 0.0519 e. The van der Waals surface area contributed by atoms with Crippen molar-refractivity contribution in [2.45, 2.75) is 25.2 Å². The first-order valence-electron chi connectivity index (χ1n) is 4.47. The number of nitrogens with two attached hydrogens (primary N) is 1. The molecule has 0 atom stereocenters. The van der Waals surface area contributed by atoms with Gasteiger partial charge >= 0.3 is 0 Å². The van der Waals surface area contributed by atoms with Crippen LogP contribution in [0.1, 0.15) is 30.7 Å². The molecule has 0 unspecified atom stereocenters. The van der Waals surface area contributed by atoms with Gasteiger partial charge in [0.25, 0.3) is 0 Å². The lowest BCUT2D eigenvalue weighted by Gasteiger charge is -2.27. The number of nitrogen functional groups attached to an aromatic ring is 1. The molecule has 3 N–H and O–H groups in total. The van der Waals surface area contributed by atoms with Crippen LogP contribution in [0.5, 0.6) is 0 Å². The molecule has 0 radical (unpaired) electrons. The molecule has 0 aliphatic heterocycles. The summed E-state index contributed by atoms with van der Waals surface area (Å²) in [5.41, 5.74) is 5.21. The Kier molecular flexibility index (Phi) is 2.00. The van der Waals surface area contributed by atoms with Crippen LogP contribution in [0.3, 0.4) is 0 Å². The Bertz CT molecular complexity index is 266. The lowest BCUT2D eigenvalue weighted by atomic mass is 9.79. The summed E-state index contributed by atoms with van der Waals surface area (Å²) in [6.45, 7) is 0. The Morgan fingerprint density at radius 2 is 2.00 bits per heavy atom. The number of anilines is 1. The van der Waals surface area contributed by atoms with Gasteiger partial charge in [0.05, 0.1) is 5.69 Å². The van der Waals surface area contributed by atoms with Crippen LogP contribution in [0.25, 0.3) is 0 Å². The van der Waals surface area contributed by atoms with Crippen LogP contribution in [-0.2, 0) is 0 Å². The first kappa shape index (κ1) is 7.62. The van der Waals surface area contributed by atoms with Gasteiger partial charge in [-0.05, 0) is 30.4 Å². The standard InChI is InChI=1S/C10H14N2/c11-12-10-7-2-1-6-9(10)8-4-3-5-8/h1-2,6-8,12H,3-5,11H2. The van der Waals surface area contributed by atoms with Gasteiger partial charge in [-0.2, -0.15) is 0 Å². The third-order valence-electron chi connectivity index (χ3n) is 2.66. The van der Waals surface area contributed by atoms with Crippen LogP contribution in [0.4, 0.5) is 5.69 Å². The van der Waals surface area contributed by atoms with E-state index >= 15 is 0 Å². The highest BCUT2D eigenvalue weighted by Crippen LogP contribution is 2.39. The minimum atomic E-state index is 0.747. The van der Waals surface area contributed by atoms with Crippen molar-refractivity contribution in [3.63, 3.8) is 0 Å². The third-order valence-corrected chi connectivity index (χ3v) is 2.66. The summed E-state index contributed by atoms with van der Waals surface area (Å²) in [6.07, 6.45) is 4.00. The van der Waals surface area contributed by atoms with E-state index in [9.17, 15) is 0 Å². The van der Waals surface area contributed by atoms with Gasteiger partial charge in [0.2, 0.25) is 0 Å². The van der Waals surface area contributed by atoms with E-state index in [2.05, 4.69) is 17.6 Å². The van der Waals surface area contributed by atoms with E-state index in [0.29, 0.717) is 0 Å². The van der Waals surface area contributed by atoms with Crippen molar-refractivity contribution < 1.29 is 0 Å². The molecular weight excluding hydrogens is 148 g/mol. The highest BCUT2D eigenvalue weighted by molar-refractivity contribution is 5.52. The Balaban J connectivity index is 2.27. The molecule has 12 heavy (non-hydrogen) atoms. The van der Waals surface area contributed by atoms with Crippen molar-refractivity contribution in [3.8, 4) is 0 Å². The zero-order valence-corrected chi connectivity index (χ0v) is 7.09. The van der Waals surface area contributed by atoms with Crippen molar-refractivity contribution in [3.05, 3.63) is 29.8 Å². The maximum absolute atomic E-state index is 5.42. The van der Waals surface area contributed by atoms with Crippen LogP contribution < -0.4 is 11.3 Å². The van der Waals surface area contributed by atoms with Gasteiger partial charge in [0, 0.05) is 0 Å². The number of para-hydroxylation sites is 1. The molecule has 0 saturated heterocycles. The van der Waals surface area contributed by atoms with Gasteiger partial charge in [0.15, 0.2) is 0 Å². The number of hydrazine groups is 1. The third kappa shape index (κ3) is 1.18. The molecule has 1 aliphatic rings. The van der Waals surface area contributed by atoms with E-state index in [4.69, 9.17) is 5.84 Å². The van der Waals surface area contributed by atoms with Crippen molar-refractivity contribution >= 4 is 5.69 Å². The summed E-state index contributed by atoms with van der Waals surface area (Å²) in [6, 6.07) is 8.29. The fourth-order valence-electron chi connectivity index (χ4n) is 1.70. The summed E-state index contributed by atoms with van der Waals surface area (Å²) in [7, 11) is 0. The normalized spacial score (nSPS) is 17.1. The molecular formula is C10H14N2. The van der Waals surface area contributed by atoms with Crippen molar-refractivity contribution in [1.82, 2.24) is 0 Å². The highest BCUT2D eigenvalue weighted by atomic mass is 15.2. The van der Waals surface area contributed by atoms with E-state index in [0.717, 1.165) is 11.6 Å². The molecule has 0 spiro atoms. The van der Waals surface area contributed by atoms with E-state index in [1.54, 1.807) is 0 Å². The fourth-order valence-corrected chi connectivity index (χ4v) is 1.70. The lowest BCUT2D eigenvalue weighted by molar-refractivity contribution is 0.420. The molecule has 0 bridgehead atoms. The Hall–Kier alpha value is -1.02. The minimum Gasteiger partial charge on any atom is -0.324 e. The number of nitrogens with one attached hydrogen (secondary N) is 1. The Morgan fingerprint density at radius 3 is 2.58 bits per heavy atom. The molecule has 1 fully saturated rings. The molecule has 0 amide bonds. The lowest BCUT2D eigenvalue weighted by Crippen LogP contribution is -2.14. The van der Waals surface area contributed by atoms with E-state index < -0.39 is 0 Å². The van der Waals surface area contributed by atoms with Crippen LogP contribution in [0.2, 0.25) is 0 Å². The molecule has 0 heterocycles. The maximum atomic E-state index is 5.42. The van der Waals surface area contributed by atoms with Gasteiger partial charge in [-0.3, -0.25) is 5.84 Å². The van der Waals surface area contributed by atoms with Gasteiger partial charge < -0.3 is 5.43 Å². The molecule has 2 heteroatoms. The highest BCUT2D eigenvalue weighted by Gasteiger charge is 2.21. The Morgan fingerprint density at radius 1 is 1.25 bits per heavy atom. The predicted molar refractivity (Wildman–Crippen MR) is 50.8 cm³/mol. The zero-order chi connectivity index (χ0) is 8.39. The molecule has 1 saturated carbocycles. The fraction of sp³-hybridized carbons (Fsp3) is 0.400. The second-order valence-corrected chi connectivity index (χ2v) is 3.36. The average molecular weight is 162 g/mol. The summed E-state index contributed by atoms with van der Waals surface area (Å²) in [4.78, 5) is 0. The number of benzene rings is 1. The smallest absolute Gasteiger partial charge is 0.0519 e. The van der Waals surface area contributed by atoms with E-state index in [1.165, 1.54) is 24.8 Å². The van der Waals surface area contributed by atoms with Crippen LogP contribution in [0.15, 0.2) is 24.3 Å². The van der Waals surface area contributed by atoms with Gasteiger partial charge in [-0.25, -0.2) is 0 Å². The summed E-state index contributed by atoms with van der Waals surface area (Å²) in [5.74, 6) is 6.16. The minimum absolute atomic E-state index is 0.747. The average Bonchev–Trinajstić information content (AvgIpc) is 2.02. The predicted octanol–water partition coefficient (Wildman–Crippen LogP) is 2.24. The summed E-state index contributed by atoms with van der Waals surface area (Å²) in [5, 5.41) is 0. The number of hydrogen-bond donors (Lipinski definition) is 2. The van der Waals surface area contributed by atoms with E-state index in [-0.39, 0.29) is 0 Å².